The number of benzene rings is 2. The van der Waals surface area contributed by atoms with Crippen LogP contribution in [0.3, 0.4) is 0 Å². The van der Waals surface area contributed by atoms with E-state index in [1.807, 2.05) is 60.7 Å². The van der Waals surface area contributed by atoms with Crippen LogP contribution in [0.15, 0.2) is 60.7 Å². The second-order valence-electron chi connectivity index (χ2n) is 6.58. The molecule has 3 rings (SSSR count). The minimum atomic E-state index is -0.653. The van der Waals surface area contributed by atoms with Gasteiger partial charge in [0.2, 0.25) is 5.91 Å². The van der Waals surface area contributed by atoms with E-state index in [1.165, 1.54) is 0 Å². The molecule has 2 aromatic rings. The van der Waals surface area contributed by atoms with Crippen LogP contribution in [-0.4, -0.2) is 35.4 Å². The lowest BCUT2D eigenvalue weighted by Crippen LogP contribution is -2.49. The highest BCUT2D eigenvalue weighted by atomic mass is 35.5. The molecule has 0 unspecified atom stereocenters. The van der Waals surface area contributed by atoms with Crippen LogP contribution in [0.2, 0.25) is 0 Å². The summed E-state index contributed by atoms with van der Waals surface area (Å²) in [6, 6.07) is 18.0. The van der Waals surface area contributed by atoms with Crippen LogP contribution in [0.4, 0.5) is 0 Å². The molecule has 1 aliphatic heterocycles. The maximum absolute atomic E-state index is 12.7. The lowest BCUT2D eigenvalue weighted by atomic mass is 10.1. The van der Waals surface area contributed by atoms with E-state index in [1.54, 1.807) is 4.90 Å². The predicted octanol–water partition coefficient (Wildman–Crippen LogP) is 2.71. The zero-order chi connectivity index (χ0) is 18.4. The summed E-state index contributed by atoms with van der Waals surface area (Å²) in [5.41, 5.74) is 8.05. The van der Waals surface area contributed by atoms with Gasteiger partial charge in [-0.05, 0) is 30.4 Å². The summed E-state index contributed by atoms with van der Waals surface area (Å²) >= 11 is 0. The molecule has 1 amide bonds. The molecule has 1 heterocycles. The molecular weight excluding hydrogens is 364 g/mol. The molecule has 0 spiro atoms. The van der Waals surface area contributed by atoms with Gasteiger partial charge in [0.05, 0.1) is 6.04 Å². The van der Waals surface area contributed by atoms with E-state index < -0.39 is 12.1 Å². The van der Waals surface area contributed by atoms with Crippen molar-refractivity contribution in [1.82, 2.24) is 4.90 Å². The quantitative estimate of drug-likeness (QED) is 0.772. The highest BCUT2D eigenvalue weighted by Gasteiger charge is 2.37. The maximum Gasteiger partial charge on any atom is 0.329 e. The molecule has 0 aliphatic carbocycles. The molecule has 2 aromatic carbocycles. The molecule has 0 radical (unpaired) electrons. The molecular formula is C21H25ClN2O3. The Balaban J connectivity index is 0.00000261. The van der Waals surface area contributed by atoms with E-state index in [-0.39, 0.29) is 30.9 Å². The third kappa shape index (κ3) is 5.55. The van der Waals surface area contributed by atoms with Crippen LogP contribution in [-0.2, 0) is 27.4 Å². The Labute approximate surface area is 165 Å². The first-order valence-electron chi connectivity index (χ1n) is 8.95. The summed E-state index contributed by atoms with van der Waals surface area (Å²) in [4.78, 5) is 26.8. The average Bonchev–Trinajstić information content (AvgIpc) is 3.17. The lowest BCUT2D eigenvalue weighted by molar-refractivity contribution is -0.154. The van der Waals surface area contributed by atoms with E-state index in [0.717, 1.165) is 17.5 Å². The third-order valence-electron chi connectivity index (χ3n) is 4.65. The fraction of sp³-hybridized carbons (Fsp3) is 0.333. The Morgan fingerprint density at radius 3 is 2.26 bits per heavy atom. The summed E-state index contributed by atoms with van der Waals surface area (Å²) in [7, 11) is 0. The van der Waals surface area contributed by atoms with Crippen molar-refractivity contribution < 1.29 is 14.3 Å². The second-order valence-corrected chi connectivity index (χ2v) is 6.58. The first-order valence-corrected chi connectivity index (χ1v) is 8.95. The topological polar surface area (TPSA) is 72.6 Å². The van der Waals surface area contributed by atoms with Gasteiger partial charge in [0.25, 0.3) is 0 Å². The highest BCUT2D eigenvalue weighted by molar-refractivity contribution is 5.88. The number of carbonyl (C=O) groups excluding carboxylic acids is 2. The molecule has 144 valence electrons. The first-order chi connectivity index (χ1) is 12.6. The van der Waals surface area contributed by atoms with Crippen molar-refractivity contribution in [3.8, 4) is 0 Å². The van der Waals surface area contributed by atoms with Gasteiger partial charge in [0.1, 0.15) is 12.6 Å². The number of likely N-dealkylation sites (tertiary alicyclic amines) is 1. The van der Waals surface area contributed by atoms with Crippen molar-refractivity contribution in [3.05, 3.63) is 71.8 Å². The molecule has 5 nitrogen and oxygen atoms in total. The number of hydrogen-bond donors (Lipinski definition) is 1. The molecule has 27 heavy (non-hydrogen) atoms. The van der Waals surface area contributed by atoms with Crippen molar-refractivity contribution in [2.24, 2.45) is 5.73 Å². The average molecular weight is 389 g/mol. The van der Waals surface area contributed by atoms with Gasteiger partial charge < -0.3 is 15.4 Å². The molecule has 0 bridgehead atoms. The van der Waals surface area contributed by atoms with Crippen molar-refractivity contribution in [2.75, 3.05) is 6.54 Å². The molecule has 2 atom stereocenters. The minimum Gasteiger partial charge on any atom is -0.459 e. The highest BCUT2D eigenvalue weighted by Crippen LogP contribution is 2.20. The normalized spacial score (nSPS) is 17.1. The number of hydrogen-bond acceptors (Lipinski definition) is 4. The SMILES string of the molecule is Cl.N[C@@H](Cc1ccccc1)C(=O)N1CCC[C@H]1C(=O)OCc1ccccc1. The van der Waals surface area contributed by atoms with Gasteiger partial charge in [-0.25, -0.2) is 4.79 Å². The maximum atomic E-state index is 12.7. The lowest BCUT2D eigenvalue weighted by Gasteiger charge is -2.26. The van der Waals surface area contributed by atoms with Crippen LogP contribution in [0.5, 0.6) is 0 Å². The van der Waals surface area contributed by atoms with E-state index in [2.05, 4.69) is 0 Å². The number of halogens is 1. The second kappa shape index (κ2) is 10.1. The molecule has 0 aromatic heterocycles. The Bertz CT molecular complexity index is 740. The summed E-state index contributed by atoms with van der Waals surface area (Å²) in [6.07, 6.45) is 1.87. The largest absolute Gasteiger partial charge is 0.459 e. The van der Waals surface area contributed by atoms with E-state index in [0.29, 0.717) is 19.4 Å². The van der Waals surface area contributed by atoms with Gasteiger partial charge in [-0.15, -0.1) is 12.4 Å². The first kappa shape index (κ1) is 20.9. The molecule has 1 saturated heterocycles. The van der Waals surface area contributed by atoms with Crippen LogP contribution in [0.1, 0.15) is 24.0 Å². The Morgan fingerprint density at radius 1 is 1.04 bits per heavy atom. The van der Waals surface area contributed by atoms with Crippen LogP contribution in [0.25, 0.3) is 0 Å². The van der Waals surface area contributed by atoms with Crippen LogP contribution in [0, 0.1) is 0 Å². The van der Waals surface area contributed by atoms with Crippen molar-refractivity contribution in [1.29, 1.82) is 0 Å². The molecule has 6 heteroatoms. The zero-order valence-electron chi connectivity index (χ0n) is 15.1. The van der Waals surface area contributed by atoms with Crippen LogP contribution < -0.4 is 5.73 Å². The summed E-state index contributed by atoms with van der Waals surface area (Å²) < 4.78 is 5.42. The van der Waals surface area contributed by atoms with Crippen molar-refractivity contribution in [3.63, 3.8) is 0 Å². The number of nitrogens with zero attached hydrogens (tertiary/aromatic N) is 1. The van der Waals surface area contributed by atoms with Crippen LogP contribution >= 0.6 is 12.4 Å². The van der Waals surface area contributed by atoms with Gasteiger partial charge in [0, 0.05) is 6.54 Å². The smallest absolute Gasteiger partial charge is 0.329 e. The molecule has 1 aliphatic rings. The van der Waals surface area contributed by atoms with Gasteiger partial charge in [-0.1, -0.05) is 60.7 Å². The van der Waals surface area contributed by atoms with Gasteiger partial charge in [-0.2, -0.15) is 0 Å². The Hall–Kier alpha value is -2.37. The fourth-order valence-electron chi connectivity index (χ4n) is 3.27. The fourth-order valence-corrected chi connectivity index (χ4v) is 3.27. The summed E-state index contributed by atoms with van der Waals surface area (Å²) in [6.45, 7) is 0.765. The number of ether oxygens (including phenoxy) is 1. The van der Waals surface area contributed by atoms with Gasteiger partial charge >= 0.3 is 5.97 Å². The third-order valence-corrected chi connectivity index (χ3v) is 4.65. The number of esters is 1. The Kier molecular flexibility index (Phi) is 7.82. The number of carbonyl (C=O) groups is 2. The van der Waals surface area contributed by atoms with E-state index in [4.69, 9.17) is 10.5 Å². The van der Waals surface area contributed by atoms with Gasteiger partial charge in [-0.3, -0.25) is 4.79 Å². The number of nitrogens with two attached hydrogens (primary N) is 1. The van der Waals surface area contributed by atoms with Crippen molar-refractivity contribution in [2.45, 2.75) is 38.0 Å². The summed E-state index contributed by atoms with van der Waals surface area (Å²) in [5, 5.41) is 0. The van der Waals surface area contributed by atoms with E-state index in [9.17, 15) is 9.59 Å². The van der Waals surface area contributed by atoms with Gasteiger partial charge in [0.15, 0.2) is 0 Å². The standard InChI is InChI=1S/C21H24N2O3.ClH/c22-18(14-16-8-3-1-4-9-16)20(24)23-13-7-12-19(23)21(25)26-15-17-10-5-2-6-11-17;/h1-6,8-11,18-19H,7,12-15,22H2;1H/t18-,19-;/m0./s1. The molecule has 0 saturated carbocycles. The number of rotatable bonds is 6. The zero-order valence-corrected chi connectivity index (χ0v) is 15.9. The van der Waals surface area contributed by atoms with Crippen molar-refractivity contribution >= 4 is 24.3 Å². The Morgan fingerprint density at radius 2 is 1.63 bits per heavy atom. The molecule has 2 N–H and O–H groups in total. The monoisotopic (exact) mass is 388 g/mol. The van der Waals surface area contributed by atoms with E-state index >= 15 is 0 Å². The minimum absolute atomic E-state index is 0. The predicted molar refractivity (Wildman–Crippen MR) is 106 cm³/mol. The summed E-state index contributed by atoms with van der Waals surface area (Å²) in [5.74, 6) is -0.542. The molecule has 1 fully saturated rings. The number of amides is 1.